The highest BCUT2D eigenvalue weighted by Gasteiger charge is 2.20. The summed E-state index contributed by atoms with van der Waals surface area (Å²) in [6, 6.07) is 4.46. The number of pyridine rings is 1. The Kier molecular flexibility index (Phi) is 4.06. The van der Waals surface area contributed by atoms with Crippen LogP contribution in [0.1, 0.15) is 38.0 Å². The highest BCUT2D eigenvalue weighted by atomic mass is 16.5. The zero-order chi connectivity index (χ0) is 13.8. The minimum absolute atomic E-state index is 0.616. The van der Waals surface area contributed by atoms with Gasteiger partial charge in [-0.1, -0.05) is 24.4 Å². The van der Waals surface area contributed by atoms with Gasteiger partial charge in [0.2, 0.25) is 11.7 Å². The van der Waals surface area contributed by atoms with Crippen molar-refractivity contribution in [3.63, 3.8) is 0 Å². The highest BCUT2D eigenvalue weighted by molar-refractivity contribution is 5.51. The largest absolute Gasteiger partial charge is 0.338 e. The maximum absolute atomic E-state index is 5.35. The summed E-state index contributed by atoms with van der Waals surface area (Å²) in [5.74, 6) is 1.29. The summed E-state index contributed by atoms with van der Waals surface area (Å²) in [6.45, 7) is 0.720. The molecule has 0 radical (unpaired) electrons. The molecule has 2 aromatic heterocycles. The number of nitrogens with zero attached hydrogens (tertiary/aromatic N) is 4. The molecule has 0 aromatic carbocycles. The van der Waals surface area contributed by atoms with Gasteiger partial charge in [-0.3, -0.25) is 9.88 Å². The van der Waals surface area contributed by atoms with Crippen LogP contribution >= 0.6 is 0 Å². The van der Waals surface area contributed by atoms with Crippen LogP contribution in [0.2, 0.25) is 0 Å². The van der Waals surface area contributed by atoms with Crippen molar-refractivity contribution in [3.05, 3.63) is 30.4 Å². The fraction of sp³-hybridized carbons (Fsp3) is 0.533. The Morgan fingerprint density at radius 3 is 2.90 bits per heavy atom. The molecule has 0 saturated heterocycles. The molecule has 1 aliphatic rings. The van der Waals surface area contributed by atoms with Gasteiger partial charge in [-0.05, 0) is 32.0 Å². The van der Waals surface area contributed by atoms with Crippen LogP contribution in [0.15, 0.2) is 29.0 Å². The van der Waals surface area contributed by atoms with Crippen LogP contribution in [0.5, 0.6) is 0 Å². The van der Waals surface area contributed by atoms with Gasteiger partial charge in [0.25, 0.3) is 0 Å². The third-order valence-electron chi connectivity index (χ3n) is 3.97. The first-order valence-corrected chi connectivity index (χ1v) is 7.26. The van der Waals surface area contributed by atoms with Crippen molar-refractivity contribution >= 4 is 0 Å². The maximum atomic E-state index is 5.35. The average Bonchev–Trinajstić information content (AvgIpc) is 2.97. The molecule has 0 N–H and O–H groups in total. The van der Waals surface area contributed by atoms with Crippen molar-refractivity contribution in [3.8, 4) is 11.4 Å². The van der Waals surface area contributed by atoms with Crippen LogP contribution in [-0.4, -0.2) is 33.1 Å². The lowest BCUT2D eigenvalue weighted by Gasteiger charge is -2.29. The van der Waals surface area contributed by atoms with E-state index in [-0.39, 0.29) is 0 Å². The van der Waals surface area contributed by atoms with Crippen LogP contribution in [0.25, 0.3) is 11.4 Å². The van der Waals surface area contributed by atoms with Crippen LogP contribution in [-0.2, 0) is 6.54 Å². The second-order valence-corrected chi connectivity index (χ2v) is 5.46. The second-order valence-electron chi connectivity index (χ2n) is 5.46. The van der Waals surface area contributed by atoms with E-state index in [1.54, 1.807) is 12.4 Å². The Hall–Kier alpha value is -1.75. The van der Waals surface area contributed by atoms with Crippen molar-refractivity contribution in [2.75, 3.05) is 7.05 Å². The summed E-state index contributed by atoms with van der Waals surface area (Å²) >= 11 is 0. The fourth-order valence-electron chi connectivity index (χ4n) is 2.80. The van der Waals surface area contributed by atoms with E-state index >= 15 is 0 Å². The van der Waals surface area contributed by atoms with Gasteiger partial charge in [0.15, 0.2) is 0 Å². The molecule has 0 spiro atoms. The average molecular weight is 272 g/mol. The van der Waals surface area contributed by atoms with Gasteiger partial charge in [0.1, 0.15) is 0 Å². The van der Waals surface area contributed by atoms with Crippen molar-refractivity contribution in [2.45, 2.75) is 44.7 Å². The topological polar surface area (TPSA) is 55.1 Å². The van der Waals surface area contributed by atoms with Gasteiger partial charge in [0.05, 0.1) is 6.54 Å². The fourth-order valence-corrected chi connectivity index (χ4v) is 2.80. The number of hydrogen-bond acceptors (Lipinski definition) is 5. The predicted octanol–water partition coefficient (Wildman–Crippen LogP) is 2.90. The van der Waals surface area contributed by atoms with E-state index in [0.29, 0.717) is 17.8 Å². The van der Waals surface area contributed by atoms with E-state index in [4.69, 9.17) is 4.52 Å². The molecule has 0 aliphatic heterocycles. The molecule has 106 valence electrons. The van der Waals surface area contributed by atoms with Gasteiger partial charge >= 0.3 is 0 Å². The van der Waals surface area contributed by atoms with Gasteiger partial charge in [-0.2, -0.15) is 4.98 Å². The molecule has 2 heterocycles. The van der Waals surface area contributed by atoms with Crippen molar-refractivity contribution in [2.24, 2.45) is 0 Å². The summed E-state index contributed by atoms with van der Waals surface area (Å²) in [6.07, 6.45) is 10.1. The Bertz CT molecular complexity index is 534. The van der Waals surface area contributed by atoms with Gasteiger partial charge in [-0.15, -0.1) is 0 Å². The van der Waals surface area contributed by atoms with Gasteiger partial charge in [-0.25, -0.2) is 0 Å². The first kappa shape index (κ1) is 13.2. The van der Waals surface area contributed by atoms with E-state index in [0.717, 1.165) is 12.1 Å². The normalized spacial score (nSPS) is 16.7. The van der Waals surface area contributed by atoms with E-state index in [9.17, 15) is 0 Å². The summed E-state index contributed by atoms with van der Waals surface area (Å²) in [4.78, 5) is 10.9. The molecule has 0 bridgehead atoms. The Balaban J connectivity index is 1.65. The first-order valence-electron chi connectivity index (χ1n) is 7.26. The highest BCUT2D eigenvalue weighted by Crippen LogP contribution is 2.23. The molecule has 0 amide bonds. The molecule has 0 unspecified atom stereocenters. The molecule has 5 nitrogen and oxygen atoms in total. The number of rotatable bonds is 4. The van der Waals surface area contributed by atoms with Gasteiger partial charge in [0, 0.05) is 24.0 Å². The predicted molar refractivity (Wildman–Crippen MR) is 75.9 cm³/mol. The number of aromatic nitrogens is 3. The first-order chi connectivity index (χ1) is 9.83. The monoisotopic (exact) mass is 272 g/mol. The van der Waals surface area contributed by atoms with Crippen molar-refractivity contribution in [1.29, 1.82) is 0 Å². The van der Waals surface area contributed by atoms with E-state index in [1.807, 2.05) is 12.1 Å². The quantitative estimate of drug-likeness (QED) is 0.856. The van der Waals surface area contributed by atoms with Gasteiger partial charge < -0.3 is 4.52 Å². The van der Waals surface area contributed by atoms with Crippen LogP contribution in [0.3, 0.4) is 0 Å². The minimum atomic E-state index is 0.616. The molecule has 1 saturated carbocycles. The molecule has 5 heteroatoms. The Labute approximate surface area is 119 Å². The zero-order valence-corrected chi connectivity index (χ0v) is 11.8. The van der Waals surface area contributed by atoms with E-state index < -0.39 is 0 Å². The summed E-state index contributed by atoms with van der Waals surface area (Å²) in [5, 5.41) is 4.03. The van der Waals surface area contributed by atoms with Crippen LogP contribution < -0.4 is 0 Å². The van der Waals surface area contributed by atoms with E-state index in [2.05, 4.69) is 27.1 Å². The third-order valence-corrected chi connectivity index (χ3v) is 3.97. The van der Waals surface area contributed by atoms with Crippen LogP contribution in [0.4, 0.5) is 0 Å². The second kappa shape index (κ2) is 6.13. The summed E-state index contributed by atoms with van der Waals surface area (Å²) in [7, 11) is 2.14. The molecule has 20 heavy (non-hydrogen) atoms. The zero-order valence-electron chi connectivity index (χ0n) is 11.8. The third kappa shape index (κ3) is 3.04. The van der Waals surface area contributed by atoms with E-state index in [1.165, 1.54) is 32.1 Å². The van der Waals surface area contributed by atoms with Crippen molar-refractivity contribution in [1.82, 2.24) is 20.0 Å². The smallest absolute Gasteiger partial charge is 0.241 e. The SMILES string of the molecule is CN(Cc1nc(-c2cccnc2)no1)C1CCCCC1. The lowest BCUT2D eigenvalue weighted by molar-refractivity contribution is 0.165. The Morgan fingerprint density at radius 2 is 2.15 bits per heavy atom. The molecule has 2 aromatic rings. The maximum Gasteiger partial charge on any atom is 0.241 e. The summed E-state index contributed by atoms with van der Waals surface area (Å²) < 4.78 is 5.35. The standard InChI is InChI=1S/C15H20N4O/c1-19(13-7-3-2-4-8-13)11-14-17-15(18-20-14)12-6-5-9-16-10-12/h5-6,9-10,13H,2-4,7-8,11H2,1H3. The molecule has 1 aliphatic carbocycles. The molecular weight excluding hydrogens is 252 g/mol. The molecular formula is C15H20N4O. The molecule has 3 rings (SSSR count). The lowest BCUT2D eigenvalue weighted by Crippen LogP contribution is -2.32. The van der Waals surface area contributed by atoms with Crippen molar-refractivity contribution < 1.29 is 4.52 Å². The number of hydrogen-bond donors (Lipinski definition) is 0. The lowest BCUT2D eigenvalue weighted by atomic mass is 9.94. The molecule has 1 fully saturated rings. The Morgan fingerprint density at radius 1 is 1.30 bits per heavy atom. The molecule has 0 atom stereocenters. The summed E-state index contributed by atoms with van der Waals surface area (Å²) in [5.41, 5.74) is 0.891. The van der Waals surface area contributed by atoms with Crippen LogP contribution in [0, 0.1) is 0 Å². The minimum Gasteiger partial charge on any atom is -0.338 e.